The molecule has 0 saturated carbocycles. The normalized spacial score (nSPS) is 8.36. The molecule has 0 N–H and O–H groups in total. The third-order valence-corrected chi connectivity index (χ3v) is 2.75. The number of esters is 2. The van der Waals surface area contributed by atoms with Gasteiger partial charge in [0.2, 0.25) is 0 Å². The van der Waals surface area contributed by atoms with Crippen molar-refractivity contribution in [3.05, 3.63) is 24.3 Å². The van der Waals surface area contributed by atoms with Gasteiger partial charge < -0.3 is 29.3 Å². The van der Waals surface area contributed by atoms with Crippen molar-refractivity contribution in [3.8, 4) is 0 Å². The van der Waals surface area contributed by atoms with Crippen LogP contribution in [0.3, 0.4) is 0 Å². The molecular formula is C16H18Li2O8S2. The van der Waals surface area contributed by atoms with Crippen LogP contribution in [-0.2, 0) is 28.7 Å². The van der Waals surface area contributed by atoms with Gasteiger partial charge in [-0.2, -0.15) is 0 Å². The van der Waals surface area contributed by atoms with Crippen molar-refractivity contribution in [1.82, 2.24) is 0 Å². The standard InChI is InChI=1S/2C8H10O4S.2Li/c2*1-5(2)8(11)12-7(13)4-3-6(9)10;;/h2*1,3-4H2,2H3,(H,9,10);;/q;;2*+1/p-2. The fourth-order valence-corrected chi connectivity index (χ4v) is 1.25. The van der Waals surface area contributed by atoms with Crippen molar-refractivity contribution in [1.29, 1.82) is 0 Å². The number of aliphatic carboxylic acids is 2. The van der Waals surface area contributed by atoms with Gasteiger partial charge in [0.05, 0.1) is 0 Å². The van der Waals surface area contributed by atoms with Crippen molar-refractivity contribution in [3.63, 3.8) is 0 Å². The molecule has 0 unspecified atom stereocenters. The predicted octanol–water partition coefficient (Wildman–Crippen LogP) is -6.07. The summed E-state index contributed by atoms with van der Waals surface area (Å²) in [6.07, 6.45) is -0.502. The van der Waals surface area contributed by atoms with E-state index in [-0.39, 0.29) is 84.7 Å². The second-order valence-corrected chi connectivity index (χ2v) is 5.74. The summed E-state index contributed by atoms with van der Waals surface area (Å²) in [7, 11) is 0. The molecule has 0 fully saturated rings. The molecule has 0 radical (unpaired) electrons. The Kier molecular flexibility index (Phi) is 23.3. The van der Waals surface area contributed by atoms with Crippen LogP contribution in [0, 0.1) is 0 Å². The molecule has 0 saturated heterocycles. The maximum Gasteiger partial charge on any atom is 1.00 e. The van der Waals surface area contributed by atoms with Gasteiger partial charge in [-0.05, 0) is 51.1 Å². The number of hydrogen-bond acceptors (Lipinski definition) is 10. The molecule has 0 atom stereocenters. The molecular weight excluding hydrogens is 398 g/mol. The van der Waals surface area contributed by atoms with E-state index in [1.165, 1.54) is 13.8 Å². The molecule has 8 nitrogen and oxygen atoms in total. The molecule has 0 amide bonds. The van der Waals surface area contributed by atoms with E-state index in [4.69, 9.17) is 0 Å². The number of carbonyl (C=O) groups excluding carboxylic acids is 4. The molecule has 0 aromatic rings. The molecule has 0 rings (SSSR count). The Bertz CT molecular complexity index is 578. The van der Waals surface area contributed by atoms with Gasteiger partial charge in [-0.25, -0.2) is 9.59 Å². The fourth-order valence-electron chi connectivity index (χ4n) is 0.891. The largest absolute Gasteiger partial charge is 1.00 e. The molecule has 144 valence electrons. The second kappa shape index (κ2) is 19.1. The molecule has 0 aliphatic heterocycles. The second-order valence-electron chi connectivity index (χ2n) is 4.83. The summed E-state index contributed by atoms with van der Waals surface area (Å²) in [5, 5.41) is 19.9. The topological polar surface area (TPSA) is 133 Å². The first-order chi connectivity index (χ1) is 11.9. The van der Waals surface area contributed by atoms with Gasteiger partial charge in [-0.15, -0.1) is 0 Å². The van der Waals surface area contributed by atoms with Gasteiger partial charge in [0.25, 0.3) is 0 Å². The number of rotatable bonds is 8. The van der Waals surface area contributed by atoms with Crippen molar-refractivity contribution in [2.24, 2.45) is 0 Å². The van der Waals surface area contributed by atoms with Gasteiger partial charge in [0.1, 0.15) is 0 Å². The van der Waals surface area contributed by atoms with Crippen LogP contribution >= 0.6 is 24.4 Å². The summed E-state index contributed by atoms with van der Waals surface area (Å²) in [5.74, 6) is -3.73. The Balaban J connectivity index is -0.000000192. The van der Waals surface area contributed by atoms with Gasteiger partial charge in [0.15, 0.2) is 10.1 Å². The average molecular weight is 416 g/mol. The number of carboxylic acids is 2. The Labute approximate surface area is 198 Å². The average Bonchev–Trinajstić information content (AvgIpc) is 2.51. The van der Waals surface area contributed by atoms with Crippen LogP contribution in [0.25, 0.3) is 0 Å². The van der Waals surface area contributed by atoms with Crippen LogP contribution in [0.1, 0.15) is 39.5 Å². The minimum atomic E-state index is -1.23. The van der Waals surface area contributed by atoms with E-state index >= 15 is 0 Å². The Morgan fingerprint density at radius 2 is 0.964 bits per heavy atom. The van der Waals surface area contributed by atoms with Gasteiger partial charge in [0, 0.05) is 35.9 Å². The van der Waals surface area contributed by atoms with Crippen LogP contribution in [0.2, 0.25) is 0 Å². The van der Waals surface area contributed by atoms with Gasteiger partial charge in [-0.1, -0.05) is 13.2 Å². The SMILES string of the molecule is C=C(C)C(=O)OC(=S)CCC(=O)[O-].C=C(C)C(=O)OC(=S)CCC(=O)[O-].[Li+].[Li+]. The minimum Gasteiger partial charge on any atom is -0.550 e. The smallest absolute Gasteiger partial charge is 0.550 e. The zero-order chi connectivity index (χ0) is 20.9. The number of ether oxygens (including phenoxy) is 2. The summed E-state index contributed by atoms with van der Waals surface area (Å²) in [4.78, 5) is 41.6. The van der Waals surface area contributed by atoms with Gasteiger partial charge >= 0.3 is 49.7 Å². The van der Waals surface area contributed by atoms with Crippen LogP contribution in [0.4, 0.5) is 0 Å². The van der Waals surface area contributed by atoms with E-state index in [2.05, 4.69) is 47.1 Å². The molecule has 0 aromatic carbocycles. The van der Waals surface area contributed by atoms with E-state index in [1.54, 1.807) is 0 Å². The summed E-state index contributed by atoms with van der Waals surface area (Å²) in [6, 6.07) is 0. The van der Waals surface area contributed by atoms with E-state index in [9.17, 15) is 29.4 Å². The van der Waals surface area contributed by atoms with Gasteiger partial charge in [-0.3, -0.25) is 0 Å². The molecule has 0 heterocycles. The first-order valence-electron chi connectivity index (χ1n) is 7.07. The molecule has 0 aliphatic rings. The van der Waals surface area contributed by atoms with E-state index in [0.29, 0.717) is 0 Å². The van der Waals surface area contributed by atoms with Crippen LogP contribution in [0.5, 0.6) is 0 Å². The van der Waals surface area contributed by atoms with Crippen LogP contribution in [-0.4, -0.2) is 34.0 Å². The number of carboxylic acid groups (broad SMARTS) is 2. The number of hydrogen-bond donors (Lipinski definition) is 0. The number of carbonyl (C=O) groups is 4. The molecule has 12 heteroatoms. The zero-order valence-electron chi connectivity index (χ0n) is 16.3. The van der Waals surface area contributed by atoms with E-state index in [0.717, 1.165) is 0 Å². The summed E-state index contributed by atoms with van der Waals surface area (Å²) < 4.78 is 9.13. The van der Waals surface area contributed by atoms with Crippen molar-refractivity contribution in [2.75, 3.05) is 0 Å². The molecule has 0 bridgehead atoms. The van der Waals surface area contributed by atoms with E-state index < -0.39 is 23.9 Å². The molecule has 28 heavy (non-hydrogen) atoms. The first-order valence-corrected chi connectivity index (χ1v) is 7.89. The summed E-state index contributed by atoms with van der Waals surface area (Å²) >= 11 is 9.19. The Morgan fingerprint density at radius 1 is 0.714 bits per heavy atom. The molecule has 0 spiro atoms. The van der Waals surface area contributed by atoms with Crippen LogP contribution < -0.4 is 47.9 Å². The fraction of sp³-hybridized carbons (Fsp3) is 0.375. The van der Waals surface area contributed by atoms with Crippen LogP contribution in [0.15, 0.2) is 24.3 Å². The third-order valence-electron chi connectivity index (χ3n) is 2.18. The Hall–Kier alpha value is -1.27. The summed E-state index contributed by atoms with van der Waals surface area (Å²) in [5.41, 5.74) is 0.437. The van der Waals surface area contributed by atoms with E-state index in [1.807, 2.05) is 0 Å². The maximum atomic E-state index is 10.8. The molecule has 0 aliphatic carbocycles. The Morgan fingerprint density at radius 3 is 1.14 bits per heavy atom. The predicted molar refractivity (Wildman–Crippen MR) is 95.5 cm³/mol. The van der Waals surface area contributed by atoms with Crippen molar-refractivity contribution in [2.45, 2.75) is 39.5 Å². The van der Waals surface area contributed by atoms with Crippen molar-refractivity contribution < 1.29 is 76.6 Å². The minimum absolute atomic E-state index is 0. The first kappa shape index (κ1) is 34.3. The zero-order valence-corrected chi connectivity index (χ0v) is 18.0. The summed E-state index contributed by atoms with van der Waals surface area (Å²) in [6.45, 7) is 9.63. The molecule has 0 aromatic heterocycles. The third kappa shape index (κ3) is 22.8. The quantitative estimate of drug-likeness (QED) is 0.163. The number of thiocarbonyl (C=S) groups is 2. The monoisotopic (exact) mass is 416 g/mol. The van der Waals surface area contributed by atoms with Crippen molar-refractivity contribution >= 4 is 58.4 Å². The maximum absolute atomic E-state index is 10.8.